The second-order valence-corrected chi connectivity index (χ2v) is 9.79. The summed E-state index contributed by atoms with van der Waals surface area (Å²) in [5, 5.41) is 8.84. The quantitative estimate of drug-likeness (QED) is 0.353. The number of fused-ring (bicyclic) bond motifs is 2. The Kier molecular flexibility index (Phi) is 6.19. The minimum atomic E-state index is 0.598. The molecule has 1 aliphatic rings. The summed E-state index contributed by atoms with van der Waals surface area (Å²) in [4.78, 5) is 24.3. The van der Waals surface area contributed by atoms with Crippen molar-refractivity contribution in [1.29, 1.82) is 0 Å². The zero-order valence-corrected chi connectivity index (χ0v) is 21.4. The lowest BCUT2D eigenvalue weighted by atomic mass is 10.1. The van der Waals surface area contributed by atoms with E-state index < -0.39 is 0 Å². The van der Waals surface area contributed by atoms with Gasteiger partial charge in [0.25, 0.3) is 0 Å². The molecule has 6 heterocycles. The number of nitrogens with zero attached hydrogens (tertiary/aromatic N) is 7. The summed E-state index contributed by atoms with van der Waals surface area (Å²) >= 11 is 0. The third-order valence-corrected chi connectivity index (χ3v) is 6.83. The number of hydrogen-bond donors (Lipinski definition) is 2. The highest BCUT2D eigenvalue weighted by Gasteiger charge is 2.20. The first-order valence-electron chi connectivity index (χ1n) is 12.5. The third kappa shape index (κ3) is 4.73. The van der Waals surface area contributed by atoms with Crippen LogP contribution in [0.25, 0.3) is 44.7 Å². The number of likely N-dealkylation sites (N-methyl/N-ethyl adjacent to an activating group) is 2. The van der Waals surface area contributed by atoms with Gasteiger partial charge in [-0.15, -0.1) is 0 Å². The van der Waals surface area contributed by atoms with Gasteiger partial charge < -0.3 is 24.4 Å². The largest absolute Gasteiger partial charge is 0.491 e. The normalized spacial score (nSPS) is 14.8. The van der Waals surface area contributed by atoms with Crippen molar-refractivity contribution in [3.05, 3.63) is 48.9 Å². The average Bonchev–Trinajstić information content (AvgIpc) is 3.53. The smallest absolute Gasteiger partial charge is 0.139 e. The molecule has 10 heteroatoms. The van der Waals surface area contributed by atoms with Crippen molar-refractivity contribution in [1.82, 2.24) is 39.9 Å². The first-order chi connectivity index (χ1) is 18.0. The van der Waals surface area contributed by atoms with Crippen LogP contribution in [0.4, 0.5) is 5.69 Å². The zero-order valence-electron chi connectivity index (χ0n) is 21.4. The Labute approximate surface area is 215 Å². The van der Waals surface area contributed by atoms with Gasteiger partial charge in [-0.25, -0.2) is 9.97 Å². The van der Waals surface area contributed by atoms with Crippen LogP contribution in [0.2, 0.25) is 0 Å². The Bertz CT molecular complexity index is 1530. The molecule has 6 rings (SSSR count). The molecule has 5 aromatic heterocycles. The molecule has 190 valence electrons. The van der Waals surface area contributed by atoms with E-state index in [1.165, 1.54) is 5.69 Å². The van der Waals surface area contributed by atoms with Gasteiger partial charge in [-0.05, 0) is 51.5 Å². The molecule has 1 saturated heterocycles. The highest BCUT2D eigenvalue weighted by atomic mass is 16.5. The summed E-state index contributed by atoms with van der Waals surface area (Å²) in [6.45, 7) is 5.53. The van der Waals surface area contributed by atoms with E-state index in [1.807, 2.05) is 44.7 Å². The molecule has 0 aromatic carbocycles. The SMILES string of the molecule is CN(C)CCOc1cncc(-c2ccc3[nH]nc(-c4cc5c(N6CCN(C)CC6)ccnc5[nH]4)c3n2)c1. The minimum Gasteiger partial charge on any atom is -0.491 e. The van der Waals surface area contributed by atoms with Gasteiger partial charge in [0.2, 0.25) is 0 Å². The van der Waals surface area contributed by atoms with Crippen LogP contribution in [-0.4, -0.2) is 100 Å². The van der Waals surface area contributed by atoms with Crippen LogP contribution in [-0.2, 0) is 0 Å². The van der Waals surface area contributed by atoms with Crippen molar-refractivity contribution < 1.29 is 4.74 Å². The monoisotopic (exact) mass is 497 g/mol. The Morgan fingerprint density at radius 2 is 1.92 bits per heavy atom. The second-order valence-electron chi connectivity index (χ2n) is 9.79. The lowest BCUT2D eigenvalue weighted by molar-refractivity contribution is 0.261. The molecule has 1 fully saturated rings. The Hall–Kier alpha value is -4.02. The van der Waals surface area contributed by atoms with Crippen LogP contribution < -0.4 is 9.64 Å². The van der Waals surface area contributed by atoms with Gasteiger partial charge in [-0.1, -0.05) is 0 Å². The van der Waals surface area contributed by atoms with Gasteiger partial charge in [0.15, 0.2) is 0 Å². The van der Waals surface area contributed by atoms with Crippen molar-refractivity contribution >= 4 is 27.8 Å². The number of pyridine rings is 3. The maximum absolute atomic E-state index is 5.88. The molecule has 10 nitrogen and oxygen atoms in total. The number of nitrogens with one attached hydrogen (secondary N) is 2. The number of aromatic nitrogens is 6. The molecule has 37 heavy (non-hydrogen) atoms. The molecule has 0 aliphatic carbocycles. The molecule has 0 saturated carbocycles. The highest BCUT2D eigenvalue weighted by molar-refractivity contribution is 5.97. The second kappa shape index (κ2) is 9.79. The Morgan fingerprint density at radius 3 is 2.76 bits per heavy atom. The summed E-state index contributed by atoms with van der Waals surface area (Å²) < 4.78 is 5.88. The summed E-state index contributed by atoms with van der Waals surface area (Å²) in [7, 11) is 6.22. The fraction of sp³-hybridized carbons (Fsp3) is 0.333. The van der Waals surface area contributed by atoms with E-state index >= 15 is 0 Å². The van der Waals surface area contributed by atoms with Crippen LogP contribution >= 0.6 is 0 Å². The zero-order chi connectivity index (χ0) is 25.4. The number of aromatic amines is 2. The van der Waals surface area contributed by atoms with Gasteiger partial charge in [0.05, 0.1) is 23.1 Å². The van der Waals surface area contributed by atoms with Crippen LogP contribution in [0.1, 0.15) is 0 Å². The standard InChI is InChI=1S/C27H31N9O/c1-34(2)12-13-37-19-14-18(16-28-17-19)21-4-5-22-25(30-21)26(33-32-22)23-15-20-24(6-7-29-27(20)31-23)36-10-8-35(3)9-11-36/h4-7,14-17H,8-13H2,1-3H3,(H,29,31)(H,32,33). The van der Waals surface area contributed by atoms with E-state index in [2.05, 4.69) is 59.0 Å². The Morgan fingerprint density at radius 1 is 1.05 bits per heavy atom. The van der Waals surface area contributed by atoms with Crippen molar-refractivity contribution in [2.75, 3.05) is 65.4 Å². The minimum absolute atomic E-state index is 0.598. The van der Waals surface area contributed by atoms with E-state index in [-0.39, 0.29) is 0 Å². The summed E-state index contributed by atoms with van der Waals surface area (Å²) in [6, 6.07) is 10.2. The molecule has 0 bridgehead atoms. The van der Waals surface area contributed by atoms with Crippen molar-refractivity contribution in [2.24, 2.45) is 0 Å². The van der Waals surface area contributed by atoms with Crippen molar-refractivity contribution in [2.45, 2.75) is 0 Å². The molecule has 0 spiro atoms. The van der Waals surface area contributed by atoms with Crippen LogP contribution in [0, 0.1) is 0 Å². The van der Waals surface area contributed by atoms with E-state index in [0.29, 0.717) is 6.61 Å². The van der Waals surface area contributed by atoms with Gasteiger partial charge in [-0.2, -0.15) is 5.10 Å². The maximum atomic E-state index is 5.88. The number of H-pyrrole nitrogens is 2. The van der Waals surface area contributed by atoms with E-state index in [9.17, 15) is 0 Å². The lowest BCUT2D eigenvalue weighted by Gasteiger charge is -2.34. The maximum Gasteiger partial charge on any atom is 0.139 e. The van der Waals surface area contributed by atoms with E-state index in [1.54, 1.807) is 6.20 Å². The fourth-order valence-electron chi connectivity index (χ4n) is 4.70. The topological polar surface area (TPSA) is 102 Å². The number of anilines is 1. The summed E-state index contributed by atoms with van der Waals surface area (Å²) in [5.41, 5.74) is 7.08. The molecule has 0 unspecified atom stereocenters. The summed E-state index contributed by atoms with van der Waals surface area (Å²) in [5.74, 6) is 0.729. The van der Waals surface area contributed by atoms with Gasteiger partial charge in [-0.3, -0.25) is 10.1 Å². The number of hydrogen-bond acceptors (Lipinski definition) is 8. The first kappa shape index (κ1) is 23.4. The first-order valence-corrected chi connectivity index (χ1v) is 12.5. The Balaban J connectivity index is 1.33. The molecule has 0 radical (unpaired) electrons. The number of ether oxygens (including phenoxy) is 1. The molecular formula is C27H31N9O. The van der Waals surface area contributed by atoms with Crippen LogP contribution in [0.5, 0.6) is 5.75 Å². The van der Waals surface area contributed by atoms with E-state index in [4.69, 9.17) is 9.72 Å². The van der Waals surface area contributed by atoms with Crippen LogP contribution in [0.15, 0.2) is 48.9 Å². The van der Waals surface area contributed by atoms with Crippen molar-refractivity contribution in [3.63, 3.8) is 0 Å². The fourth-order valence-corrected chi connectivity index (χ4v) is 4.70. The predicted molar refractivity (Wildman–Crippen MR) is 146 cm³/mol. The predicted octanol–water partition coefficient (Wildman–Crippen LogP) is 3.26. The van der Waals surface area contributed by atoms with Gasteiger partial charge >= 0.3 is 0 Å². The molecule has 1 aliphatic heterocycles. The molecule has 2 N–H and O–H groups in total. The van der Waals surface area contributed by atoms with Crippen LogP contribution in [0.3, 0.4) is 0 Å². The van der Waals surface area contributed by atoms with Gasteiger partial charge in [0.1, 0.15) is 29.2 Å². The van der Waals surface area contributed by atoms with Crippen molar-refractivity contribution in [3.8, 4) is 28.4 Å². The molecule has 0 amide bonds. The number of piperazine rings is 1. The van der Waals surface area contributed by atoms with Gasteiger partial charge in [0, 0.05) is 61.8 Å². The lowest BCUT2D eigenvalue weighted by Crippen LogP contribution is -2.44. The van der Waals surface area contributed by atoms with E-state index in [0.717, 1.165) is 83.2 Å². The molecule has 5 aromatic rings. The summed E-state index contributed by atoms with van der Waals surface area (Å²) in [6.07, 6.45) is 5.41. The third-order valence-electron chi connectivity index (χ3n) is 6.83. The number of rotatable bonds is 7. The average molecular weight is 498 g/mol. The molecule has 0 atom stereocenters. The highest BCUT2D eigenvalue weighted by Crippen LogP contribution is 2.33. The molecular weight excluding hydrogens is 466 g/mol.